The Labute approximate surface area is 173 Å². The number of amides is 1. The number of anilines is 1. The van der Waals surface area contributed by atoms with Gasteiger partial charge in [0.2, 0.25) is 5.91 Å². The van der Waals surface area contributed by atoms with Gasteiger partial charge in [0.15, 0.2) is 0 Å². The van der Waals surface area contributed by atoms with Crippen molar-refractivity contribution in [1.29, 1.82) is 0 Å². The highest BCUT2D eigenvalue weighted by Gasteiger charge is 2.46. The van der Waals surface area contributed by atoms with Crippen LogP contribution in [0.25, 0.3) is 10.2 Å². The second kappa shape index (κ2) is 7.09. The van der Waals surface area contributed by atoms with Gasteiger partial charge in [-0.05, 0) is 51.0 Å². The first-order valence-electron chi connectivity index (χ1n) is 10.2. The quantitative estimate of drug-likeness (QED) is 0.652. The van der Waals surface area contributed by atoms with Crippen molar-refractivity contribution in [1.82, 2.24) is 20.0 Å². The standard InChI is InChI=1S/C21H25N5O2S/c1-14-16(15(2)28-24-14)12-26-18(27)4-7-21(26)6-3-9-25(10-8-21)20-19-17(5-11-29-19)22-13-23-20/h5,11,13H,3-4,6-10,12H2,1-2H3/t21-/m0/s1. The molecule has 0 bridgehead atoms. The van der Waals surface area contributed by atoms with Gasteiger partial charge >= 0.3 is 0 Å². The minimum absolute atomic E-state index is 0.0798. The maximum absolute atomic E-state index is 12.8. The summed E-state index contributed by atoms with van der Waals surface area (Å²) in [5.74, 6) is 2.10. The summed E-state index contributed by atoms with van der Waals surface area (Å²) in [4.78, 5) is 26.3. The molecule has 1 amide bonds. The lowest BCUT2D eigenvalue weighted by Crippen LogP contribution is -2.46. The van der Waals surface area contributed by atoms with Crippen LogP contribution in [0.3, 0.4) is 0 Å². The topological polar surface area (TPSA) is 75.4 Å². The molecule has 3 aromatic rings. The second-order valence-electron chi connectivity index (χ2n) is 8.18. The predicted octanol–water partition coefficient (Wildman–Crippen LogP) is 3.85. The van der Waals surface area contributed by atoms with Gasteiger partial charge in [0.1, 0.15) is 17.9 Å². The summed E-state index contributed by atoms with van der Waals surface area (Å²) in [6, 6.07) is 2.05. The Hall–Kier alpha value is -2.48. The van der Waals surface area contributed by atoms with E-state index in [1.54, 1.807) is 17.7 Å². The van der Waals surface area contributed by atoms with E-state index in [4.69, 9.17) is 4.52 Å². The van der Waals surface area contributed by atoms with Crippen molar-refractivity contribution in [2.24, 2.45) is 0 Å². The van der Waals surface area contributed by atoms with Crippen LogP contribution >= 0.6 is 11.3 Å². The van der Waals surface area contributed by atoms with Crippen molar-refractivity contribution >= 4 is 33.3 Å². The molecule has 0 N–H and O–H groups in total. The van der Waals surface area contributed by atoms with E-state index >= 15 is 0 Å². The smallest absolute Gasteiger partial charge is 0.223 e. The lowest BCUT2D eigenvalue weighted by molar-refractivity contribution is -0.132. The average Bonchev–Trinajstić information content (AvgIpc) is 3.35. The first-order valence-corrected chi connectivity index (χ1v) is 11.1. The summed E-state index contributed by atoms with van der Waals surface area (Å²) < 4.78 is 6.49. The van der Waals surface area contributed by atoms with Crippen molar-refractivity contribution < 1.29 is 9.32 Å². The van der Waals surface area contributed by atoms with Crippen molar-refractivity contribution in [3.63, 3.8) is 0 Å². The Morgan fingerprint density at radius 1 is 1.21 bits per heavy atom. The van der Waals surface area contributed by atoms with Crippen LogP contribution in [-0.4, -0.2) is 44.6 Å². The van der Waals surface area contributed by atoms with E-state index in [0.29, 0.717) is 13.0 Å². The number of rotatable bonds is 3. The molecule has 0 unspecified atom stereocenters. The molecular formula is C21H25N5O2S. The molecule has 0 aliphatic carbocycles. The van der Waals surface area contributed by atoms with Gasteiger partial charge in [-0.25, -0.2) is 9.97 Å². The molecule has 8 heteroatoms. The number of thiophene rings is 1. The van der Waals surface area contributed by atoms with Gasteiger partial charge in [-0.1, -0.05) is 5.16 Å². The van der Waals surface area contributed by atoms with Crippen LogP contribution in [0.1, 0.15) is 49.1 Å². The Bertz CT molecular complexity index is 1040. The minimum Gasteiger partial charge on any atom is -0.361 e. The maximum atomic E-state index is 12.8. The number of hydrogen-bond acceptors (Lipinski definition) is 7. The molecule has 5 rings (SSSR count). The van der Waals surface area contributed by atoms with Crippen LogP contribution in [0.4, 0.5) is 5.82 Å². The van der Waals surface area contributed by atoms with Gasteiger partial charge in [-0.3, -0.25) is 4.79 Å². The number of likely N-dealkylation sites (tertiary alicyclic amines) is 1. The van der Waals surface area contributed by atoms with E-state index in [1.807, 2.05) is 19.9 Å². The molecule has 29 heavy (non-hydrogen) atoms. The fourth-order valence-corrected chi connectivity index (χ4v) is 5.79. The molecule has 0 saturated carbocycles. The first kappa shape index (κ1) is 18.5. The zero-order valence-corrected chi connectivity index (χ0v) is 17.7. The van der Waals surface area contributed by atoms with E-state index in [-0.39, 0.29) is 11.4 Å². The Balaban J connectivity index is 1.41. The van der Waals surface area contributed by atoms with Crippen molar-refractivity contribution in [3.05, 3.63) is 34.8 Å². The molecule has 2 fully saturated rings. The van der Waals surface area contributed by atoms with E-state index in [0.717, 1.165) is 71.8 Å². The summed E-state index contributed by atoms with van der Waals surface area (Å²) in [6.07, 6.45) is 6.25. The number of hydrogen-bond donors (Lipinski definition) is 0. The molecule has 7 nitrogen and oxygen atoms in total. The van der Waals surface area contributed by atoms with Gasteiger partial charge < -0.3 is 14.3 Å². The molecular weight excluding hydrogens is 386 g/mol. The molecule has 152 valence electrons. The van der Waals surface area contributed by atoms with Gasteiger partial charge in [0.05, 0.1) is 22.5 Å². The van der Waals surface area contributed by atoms with Crippen molar-refractivity contribution in [2.45, 2.75) is 58.0 Å². The van der Waals surface area contributed by atoms with Crippen LogP contribution in [0.2, 0.25) is 0 Å². The molecule has 0 radical (unpaired) electrons. The normalized spacial score (nSPS) is 22.8. The second-order valence-corrected chi connectivity index (χ2v) is 9.10. The molecule has 3 aromatic heterocycles. The Morgan fingerprint density at radius 2 is 2.10 bits per heavy atom. The monoisotopic (exact) mass is 411 g/mol. The minimum atomic E-state index is -0.0798. The number of carbonyl (C=O) groups is 1. The Kier molecular flexibility index (Phi) is 4.53. The molecule has 2 saturated heterocycles. The van der Waals surface area contributed by atoms with Crippen LogP contribution in [0.5, 0.6) is 0 Å². The largest absolute Gasteiger partial charge is 0.361 e. The summed E-state index contributed by atoms with van der Waals surface area (Å²) in [7, 11) is 0. The summed E-state index contributed by atoms with van der Waals surface area (Å²) in [5, 5.41) is 6.15. The highest BCUT2D eigenvalue weighted by atomic mass is 32.1. The third-order valence-electron chi connectivity index (χ3n) is 6.62. The summed E-state index contributed by atoms with van der Waals surface area (Å²) in [5.41, 5.74) is 2.87. The van der Waals surface area contributed by atoms with E-state index in [1.165, 1.54) is 0 Å². The number of carbonyl (C=O) groups excluding carboxylic acids is 1. The fourth-order valence-electron chi connectivity index (χ4n) is 4.93. The summed E-state index contributed by atoms with van der Waals surface area (Å²) in [6.45, 7) is 6.34. The van der Waals surface area contributed by atoms with Crippen LogP contribution in [0, 0.1) is 13.8 Å². The van der Waals surface area contributed by atoms with Crippen LogP contribution < -0.4 is 4.90 Å². The van der Waals surface area contributed by atoms with E-state index in [9.17, 15) is 4.79 Å². The number of fused-ring (bicyclic) bond motifs is 1. The Morgan fingerprint density at radius 3 is 2.93 bits per heavy atom. The number of aromatic nitrogens is 3. The lowest BCUT2D eigenvalue weighted by Gasteiger charge is -2.38. The molecule has 1 atom stereocenters. The SMILES string of the molecule is Cc1noc(C)c1CN1C(=O)CC[C@]12CCCN(c1ncnc3ccsc13)CC2. The van der Waals surface area contributed by atoms with Gasteiger partial charge in [0, 0.05) is 30.6 Å². The van der Waals surface area contributed by atoms with Gasteiger partial charge in [-0.15, -0.1) is 11.3 Å². The number of aryl methyl sites for hydroxylation is 2. The molecule has 5 heterocycles. The number of nitrogens with zero attached hydrogens (tertiary/aromatic N) is 5. The van der Waals surface area contributed by atoms with Crippen LogP contribution in [0.15, 0.2) is 22.3 Å². The lowest BCUT2D eigenvalue weighted by atomic mass is 9.87. The molecule has 0 aromatic carbocycles. The van der Waals surface area contributed by atoms with Crippen LogP contribution in [-0.2, 0) is 11.3 Å². The highest BCUT2D eigenvalue weighted by molar-refractivity contribution is 7.17. The fraction of sp³-hybridized carbons (Fsp3) is 0.524. The van der Waals surface area contributed by atoms with Gasteiger partial charge in [-0.2, -0.15) is 0 Å². The molecule has 2 aliphatic heterocycles. The van der Waals surface area contributed by atoms with Crippen molar-refractivity contribution in [3.8, 4) is 0 Å². The molecule has 2 aliphatic rings. The zero-order valence-electron chi connectivity index (χ0n) is 16.8. The third kappa shape index (κ3) is 3.10. The summed E-state index contributed by atoms with van der Waals surface area (Å²) >= 11 is 1.70. The third-order valence-corrected chi connectivity index (χ3v) is 7.52. The molecule has 1 spiro atoms. The van der Waals surface area contributed by atoms with Crippen molar-refractivity contribution in [2.75, 3.05) is 18.0 Å². The predicted molar refractivity (Wildman–Crippen MR) is 112 cm³/mol. The zero-order chi connectivity index (χ0) is 20.0. The van der Waals surface area contributed by atoms with E-state index in [2.05, 4.69) is 30.3 Å². The first-order chi connectivity index (χ1) is 14.1. The van der Waals surface area contributed by atoms with Gasteiger partial charge in [0.25, 0.3) is 0 Å². The average molecular weight is 412 g/mol. The highest BCUT2D eigenvalue weighted by Crippen LogP contribution is 2.41. The maximum Gasteiger partial charge on any atom is 0.223 e. The van der Waals surface area contributed by atoms with E-state index < -0.39 is 0 Å².